The molecule has 138 valence electrons. The van der Waals surface area contributed by atoms with E-state index < -0.39 is 0 Å². The average molecular weight is 372 g/mol. The van der Waals surface area contributed by atoms with E-state index in [2.05, 4.69) is 53.3 Å². The molecule has 2 heterocycles. The highest BCUT2D eigenvalue weighted by atomic mass is 32.1. The Hall–Kier alpha value is -2.02. The number of hydrogen-bond donors (Lipinski definition) is 2. The van der Waals surface area contributed by atoms with Gasteiger partial charge in [-0.3, -0.25) is 9.69 Å². The van der Waals surface area contributed by atoms with Crippen molar-refractivity contribution in [2.45, 2.75) is 39.1 Å². The van der Waals surface area contributed by atoms with E-state index in [1.165, 1.54) is 5.56 Å². The van der Waals surface area contributed by atoms with Gasteiger partial charge in [0.05, 0.1) is 17.8 Å². The van der Waals surface area contributed by atoms with E-state index in [-0.39, 0.29) is 18.1 Å². The van der Waals surface area contributed by atoms with Crippen LogP contribution in [-0.4, -0.2) is 41.1 Å². The summed E-state index contributed by atoms with van der Waals surface area (Å²) >= 11 is 5.14. The maximum Gasteiger partial charge on any atom is 0.254 e. The van der Waals surface area contributed by atoms with Gasteiger partial charge in [-0.1, -0.05) is 36.5 Å². The van der Waals surface area contributed by atoms with Gasteiger partial charge in [-0.2, -0.15) is 0 Å². The molecule has 0 unspecified atom stereocenters. The Bertz CT molecular complexity index is 793. The molecule has 2 aromatic rings. The summed E-state index contributed by atoms with van der Waals surface area (Å²) in [6, 6.07) is 11.9. The Morgan fingerprint density at radius 1 is 1.19 bits per heavy atom. The Morgan fingerprint density at radius 2 is 1.85 bits per heavy atom. The fourth-order valence-corrected chi connectivity index (χ4v) is 3.54. The van der Waals surface area contributed by atoms with Gasteiger partial charge in [-0.05, 0) is 37.1 Å². The van der Waals surface area contributed by atoms with Crippen LogP contribution in [0.5, 0.6) is 0 Å². The summed E-state index contributed by atoms with van der Waals surface area (Å²) in [4.78, 5) is 17.5. The van der Waals surface area contributed by atoms with Crippen LogP contribution in [0, 0.1) is 4.64 Å². The number of nitrogens with one attached hydrogen (secondary N) is 2. The van der Waals surface area contributed by atoms with Crippen molar-refractivity contribution in [2.75, 3.05) is 13.1 Å². The van der Waals surface area contributed by atoms with Crippen LogP contribution in [0.3, 0.4) is 0 Å². The molecule has 3 rings (SSSR count). The average Bonchev–Trinajstić information content (AvgIpc) is 2.60. The van der Waals surface area contributed by atoms with E-state index in [1.54, 1.807) is 18.3 Å². The van der Waals surface area contributed by atoms with Crippen LogP contribution in [0.25, 0.3) is 0 Å². The molecule has 1 amide bonds. The van der Waals surface area contributed by atoms with Crippen molar-refractivity contribution in [3.8, 4) is 0 Å². The lowest BCUT2D eigenvalue weighted by Crippen LogP contribution is -2.44. The minimum atomic E-state index is -0.160. The predicted molar refractivity (Wildman–Crippen MR) is 105 cm³/mol. The van der Waals surface area contributed by atoms with Crippen LogP contribution >= 0.6 is 12.2 Å². The molecule has 0 saturated carbocycles. The lowest BCUT2D eigenvalue weighted by atomic mass is 10.1. The standard InChI is InChI=1S/C20H25N3O2S/c1-14-11-23(12-15(2)25-14)13-17-7-5-16(6-8-17)10-22-19(24)18-4-3-9-21-20(18)26/h3-9,14-15H,10-13H2,1-2H3,(H,21,26)(H,22,24)/t14-,15+. The van der Waals surface area contributed by atoms with E-state index >= 15 is 0 Å². The quantitative estimate of drug-likeness (QED) is 0.792. The van der Waals surface area contributed by atoms with E-state index in [1.807, 2.05) is 0 Å². The van der Waals surface area contributed by atoms with E-state index in [0.717, 1.165) is 25.2 Å². The van der Waals surface area contributed by atoms with Crippen molar-refractivity contribution in [1.82, 2.24) is 15.2 Å². The second-order valence-electron chi connectivity index (χ2n) is 6.86. The molecule has 0 radical (unpaired) electrons. The number of rotatable bonds is 5. The lowest BCUT2D eigenvalue weighted by molar-refractivity contribution is -0.0704. The first-order chi connectivity index (χ1) is 12.5. The molecule has 1 aliphatic heterocycles. The molecule has 2 N–H and O–H groups in total. The Kier molecular flexibility index (Phi) is 6.19. The summed E-state index contributed by atoms with van der Waals surface area (Å²) in [5.74, 6) is -0.160. The molecule has 5 nitrogen and oxygen atoms in total. The molecule has 26 heavy (non-hydrogen) atoms. The van der Waals surface area contributed by atoms with Gasteiger partial charge in [-0.25, -0.2) is 0 Å². The first-order valence-electron chi connectivity index (χ1n) is 8.93. The minimum absolute atomic E-state index is 0.160. The largest absolute Gasteiger partial charge is 0.373 e. The maximum atomic E-state index is 12.2. The van der Waals surface area contributed by atoms with Crippen LogP contribution in [0.4, 0.5) is 0 Å². The Morgan fingerprint density at radius 3 is 2.50 bits per heavy atom. The van der Waals surface area contributed by atoms with E-state index in [0.29, 0.717) is 16.7 Å². The predicted octanol–water partition coefficient (Wildman–Crippen LogP) is 3.28. The van der Waals surface area contributed by atoms with E-state index in [9.17, 15) is 4.79 Å². The van der Waals surface area contributed by atoms with Crippen molar-refractivity contribution in [2.24, 2.45) is 0 Å². The number of amides is 1. The fourth-order valence-electron chi connectivity index (χ4n) is 3.31. The van der Waals surface area contributed by atoms with Gasteiger partial charge in [0.25, 0.3) is 5.91 Å². The van der Waals surface area contributed by atoms with Gasteiger partial charge in [0.2, 0.25) is 0 Å². The van der Waals surface area contributed by atoms with Crippen LogP contribution < -0.4 is 5.32 Å². The molecule has 0 bridgehead atoms. The Labute approximate surface area is 159 Å². The highest BCUT2D eigenvalue weighted by molar-refractivity contribution is 7.71. The summed E-state index contributed by atoms with van der Waals surface area (Å²) in [5, 5.41) is 2.92. The molecule has 1 fully saturated rings. The molecule has 2 atom stereocenters. The summed E-state index contributed by atoms with van der Waals surface area (Å²) in [5.41, 5.74) is 2.83. The number of morpholine rings is 1. The van der Waals surface area contributed by atoms with Crippen molar-refractivity contribution in [1.29, 1.82) is 0 Å². The summed E-state index contributed by atoms with van der Waals surface area (Å²) in [6.45, 7) is 7.55. The molecule has 0 spiro atoms. The van der Waals surface area contributed by atoms with Crippen molar-refractivity contribution in [3.63, 3.8) is 0 Å². The zero-order valence-corrected chi connectivity index (χ0v) is 16.0. The second-order valence-corrected chi connectivity index (χ2v) is 7.27. The monoisotopic (exact) mass is 371 g/mol. The van der Waals surface area contributed by atoms with Gasteiger partial charge in [-0.15, -0.1) is 0 Å². The van der Waals surface area contributed by atoms with Gasteiger partial charge in [0.1, 0.15) is 4.64 Å². The SMILES string of the molecule is C[C@@H]1CN(Cc2ccc(CNC(=O)c3ccc[nH]c3=S)cc2)C[C@H](C)O1. The number of pyridine rings is 1. The number of hydrogen-bond acceptors (Lipinski definition) is 4. The molecule has 1 aromatic carbocycles. The van der Waals surface area contributed by atoms with Gasteiger partial charge in [0, 0.05) is 32.4 Å². The van der Waals surface area contributed by atoms with Gasteiger partial charge < -0.3 is 15.0 Å². The van der Waals surface area contributed by atoms with Gasteiger partial charge in [0.15, 0.2) is 0 Å². The van der Waals surface area contributed by atoms with Crippen LogP contribution in [0.2, 0.25) is 0 Å². The lowest BCUT2D eigenvalue weighted by Gasteiger charge is -2.35. The number of ether oxygens (including phenoxy) is 1. The van der Waals surface area contributed by atoms with Crippen molar-refractivity contribution >= 4 is 18.1 Å². The van der Waals surface area contributed by atoms with Crippen LogP contribution in [0.1, 0.15) is 35.3 Å². The summed E-state index contributed by atoms with van der Waals surface area (Å²) < 4.78 is 6.23. The smallest absolute Gasteiger partial charge is 0.254 e. The first-order valence-corrected chi connectivity index (χ1v) is 9.33. The number of benzene rings is 1. The fraction of sp³-hybridized carbons (Fsp3) is 0.400. The minimum Gasteiger partial charge on any atom is -0.373 e. The third kappa shape index (κ3) is 5.00. The number of aromatic nitrogens is 1. The number of H-pyrrole nitrogens is 1. The summed E-state index contributed by atoms with van der Waals surface area (Å²) in [7, 11) is 0. The topological polar surface area (TPSA) is 57.4 Å². The molecular formula is C20H25N3O2S. The molecule has 6 heteroatoms. The van der Waals surface area contributed by atoms with Crippen LogP contribution in [-0.2, 0) is 17.8 Å². The second kappa shape index (κ2) is 8.58. The number of nitrogens with zero attached hydrogens (tertiary/aromatic N) is 1. The van der Waals surface area contributed by atoms with Crippen molar-refractivity contribution in [3.05, 3.63) is 63.9 Å². The van der Waals surface area contributed by atoms with Crippen LogP contribution in [0.15, 0.2) is 42.6 Å². The van der Waals surface area contributed by atoms with Crippen molar-refractivity contribution < 1.29 is 9.53 Å². The molecule has 0 aliphatic carbocycles. The normalized spacial score (nSPS) is 20.7. The van der Waals surface area contributed by atoms with Gasteiger partial charge >= 0.3 is 0 Å². The zero-order chi connectivity index (χ0) is 18.5. The van der Waals surface area contributed by atoms with E-state index in [4.69, 9.17) is 17.0 Å². The summed E-state index contributed by atoms with van der Waals surface area (Å²) in [6.07, 6.45) is 2.27. The zero-order valence-electron chi connectivity index (χ0n) is 15.2. The third-order valence-corrected chi connectivity index (χ3v) is 4.78. The highest BCUT2D eigenvalue weighted by Crippen LogP contribution is 2.15. The molecular weight excluding hydrogens is 346 g/mol. The maximum absolute atomic E-state index is 12.2. The molecule has 1 saturated heterocycles. The third-order valence-electron chi connectivity index (χ3n) is 4.44. The molecule has 1 aliphatic rings. The number of carbonyl (C=O) groups is 1. The Balaban J connectivity index is 1.54. The molecule has 1 aromatic heterocycles. The number of aromatic amines is 1. The highest BCUT2D eigenvalue weighted by Gasteiger charge is 2.21. The first kappa shape index (κ1) is 18.8. The number of carbonyl (C=O) groups excluding carboxylic acids is 1.